The standard InChI is InChI=1S/C29H39F3O5S/c1-6-8-9-10-21(34)37-29(25(36)38)15(3)11-17-18-12-19(30)22-23(31)24(35)16(7-2)13-27(22,5)28(18,32)20(33)14-26(17,29)4/h13,15,17-20,33H,6-12,14H2,1-5H3,(H,36,38)/t15-,17-,18-,19-,20-,26-,27-,28-,29-/m0/s1. The van der Waals surface area contributed by atoms with Gasteiger partial charge < -0.3 is 14.9 Å². The molecule has 4 aliphatic carbocycles. The summed E-state index contributed by atoms with van der Waals surface area (Å²) in [6, 6.07) is 0. The molecular weight excluding hydrogens is 517 g/mol. The molecule has 0 bridgehead atoms. The zero-order chi connectivity index (χ0) is 28.4. The molecule has 3 fully saturated rings. The molecule has 0 unspecified atom stereocenters. The number of Topliss-reactive ketones (excluding diaryl/α,β-unsaturated/α-hetero) is 1. The molecule has 5 nitrogen and oxygen atoms in total. The average Bonchev–Trinajstić information content (AvgIpc) is 3.05. The van der Waals surface area contributed by atoms with Crippen molar-refractivity contribution in [3.63, 3.8) is 0 Å². The lowest BCUT2D eigenvalue weighted by Gasteiger charge is -2.63. The minimum atomic E-state index is -2.49. The molecule has 0 saturated heterocycles. The highest BCUT2D eigenvalue weighted by Crippen LogP contribution is 2.72. The number of hydrogen-bond acceptors (Lipinski definition) is 5. The summed E-state index contributed by atoms with van der Waals surface area (Å²) in [7, 11) is 0. The number of thiocarbonyl (C=S) groups is 1. The molecule has 9 atom stereocenters. The van der Waals surface area contributed by atoms with Crippen molar-refractivity contribution < 1.29 is 37.7 Å². The second kappa shape index (κ2) is 9.72. The van der Waals surface area contributed by atoms with Crippen LogP contribution in [0.15, 0.2) is 23.0 Å². The van der Waals surface area contributed by atoms with Gasteiger partial charge in [-0.3, -0.25) is 9.59 Å². The van der Waals surface area contributed by atoms with Crippen LogP contribution in [0.1, 0.15) is 86.0 Å². The molecule has 0 aromatic carbocycles. The van der Waals surface area contributed by atoms with Crippen molar-refractivity contribution in [2.75, 3.05) is 0 Å². The fraction of sp³-hybridized carbons (Fsp3) is 0.759. The van der Waals surface area contributed by atoms with Crippen molar-refractivity contribution in [3.8, 4) is 0 Å². The molecule has 3 saturated carbocycles. The van der Waals surface area contributed by atoms with E-state index in [-0.39, 0.29) is 31.3 Å². The van der Waals surface area contributed by atoms with Gasteiger partial charge in [-0.05, 0) is 62.7 Å². The van der Waals surface area contributed by atoms with Crippen molar-refractivity contribution in [1.82, 2.24) is 0 Å². The fourth-order valence-corrected chi connectivity index (χ4v) is 9.02. The molecule has 4 rings (SSSR count). The molecule has 0 heterocycles. The summed E-state index contributed by atoms with van der Waals surface area (Å²) in [5.41, 5.74) is -7.74. The molecule has 4 aliphatic rings. The first-order valence-corrected chi connectivity index (χ1v) is 14.2. The van der Waals surface area contributed by atoms with E-state index < -0.39 is 86.8 Å². The van der Waals surface area contributed by atoms with E-state index in [0.29, 0.717) is 6.42 Å². The number of alkyl halides is 2. The summed E-state index contributed by atoms with van der Waals surface area (Å²) in [5.74, 6) is -5.03. The third kappa shape index (κ3) is 3.62. The number of allylic oxidation sites excluding steroid dienone is 4. The van der Waals surface area contributed by atoms with E-state index in [4.69, 9.17) is 17.0 Å². The van der Waals surface area contributed by atoms with E-state index in [1.165, 1.54) is 13.0 Å². The Morgan fingerprint density at radius 3 is 2.45 bits per heavy atom. The number of aliphatic hydroxyl groups is 2. The number of ether oxygens (including phenoxy) is 1. The van der Waals surface area contributed by atoms with Crippen LogP contribution in [0, 0.1) is 28.6 Å². The van der Waals surface area contributed by atoms with Gasteiger partial charge in [0.05, 0.1) is 11.5 Å². The summed E-state index contributed by atoms with van der Waals surface area (Å²) in [6.07, 6.45) is -0.195. The fourth-order valence-electron chi connectivity index (χ4n) is 8.55. The number of fused-ring (bicyclic) bond motifs is 5. The van der Waals surface area contributed by atoms with Gasteiger partial charge in [0.25, 0.3) is 0 Å². The van der Waals surface area contributed by atoms with Crippen LogP contribution in [-0.2, 0) is 14.3 Å². The third-order valence-corrected chi connectivity index (χ3v) is 10.7. The molecule has 0 aromatic rings. The topological polar surface area (TPSA) is 83.8 Å². The zero-order valence-electron chi connectivity index (χ0n) is 22.8. The highest BCUT2D eigenvalue weighted by atomic mass is 32.1. The summed E-state index contributed by atoms with van der Waals surface area (Å²) >= 11 is 5.27. The number of carbonyl (C=O) groups excluding carboxylic acids is 2. The highest BCUT2D eigenvalue weighted by molar-refractivity contribution is 7.80. The van der Waals surface area contributed by atoms with E-state index in [0.717, 1.165) is 12.8 Å². The normalized spacial score (nSPS) is 44.2. The minimum Gasteiger partial charge on any atom is -0.499 e. The van der Waals surface area contributed by atoms with E-state index >= 15 is 13.2 Å². The minimum absolute atomic E-state index is 0.0471. The van der Waals surface area contributed by atoms with Crippen LogP contribution in [0.2, 0.25) is 0 Å². The predicted molar refractivity (Wildman–Crippen MR) is 141 cm³/mol. The Morgan fingerprint density at radius 2 is 1.87 bits per heavy atom. The summed E-state index contributed by atoms with van der Waals surface area (Å²) < 4.78 is 54.7. The number of halogens is 3. The van der Waals surface area contributed by atoms with Crippen LogP contribution in [0.4, 0.5) is 13.2 Å². The molecular formula is C29H39F3O5S. The second-order valence-corrected chi connectivity index (χ2v) is 12.6. The molecule has 38 heavy (non-hydrogen) atoms. The highest BCUT2D eigenvalue weighted by Gasteiger charge is 2.78. The van der Waals surface area contributed by atoms with Gasteiger partial charge in [-0.1, -0.05) is 46.6 Å². The van der Waals surface area contributed by atoms with Crippen molar-refractivity contribution >= 4 is 29.0 Å². The van der Waals surface area contributed by atoms with Crippen LogP contribution in [0.25, 0.3) is 0 Å². The third-order valence-electron chi connectivity index (χ3n) is 10.4. The number of rotatable bonds is 7. The van der Waals surface area contributed by atoms with Gasteiger partial charge in [0.1, 0.15) is 6.17 Å². The lowest BCUT2D eigenvalue weighted by molar-refractivity contribution is -0.222. The molecule has 9 heteroatoms. The van der Waals surface area contributed by atoms with Gasteiger partial charge in [-0.25, -0.2) is 13.2 Å². The molecule has 0 amide bonds. The monoisotopic (exact) mass is 556 g/mol. The maximum Gasteiger partial charge on any atom is 0.306 e. The Balaban J connectivity index is 1.83. The summed E-state index contributed by atoms with van der Waals surface area (Å²) in [5, 5.41) is 21.9. The van der Waals surface area contributed by atoms with Gasteiger partial charge in [0.15, 0.2) is 17.1 Å². The number of carbonyl (C=O) groups is 2. The van der Waals surface area contributed by atoms with Crippen LogP contribution in [0.5, 0.6) is 0 Å². The Kier molecular flexibility index (Phi) is 7.48. The Bertz CT molecular complexity index is 1110. The number of unbranched alkanes of at least 4 members (excludes halogenated alkanes) is 2. The molecule has 0 aliphatic heterocycles. The van der Waals surface area contributed by atoms with E-state index in [2.05, 4.69) is 0 Å². The van der Waals surface area contributed by atoms with Gasteiger partial charge in [0.2, 0.25) is 10.8 Å². The number of esters is 1. The Hall–Kier alpha value is -1.74. The predicted octanol–water partition coefficient (Wildman–Crippen LogP) is 6.38. The molecule has 2 N–H and O–H groups in total. The molecule has 0 radical (unpaired) electrons. The van der Waals surface area contributed by atoms with Crippen LogP contribution in [-0.4, -0.2) is 50.6 Å². The lowest BCUT2D eigenvalue weighted by Crippen LogP contribution is -2.71. The molecule has 0 aromatic heterocycles. The van der Waals surface area contributed by atoms with Gasteiger partial charge >= 0.3 is 5.97 Å². The SMILES string of the molecule is CCCCCC(=O)O[C@]1(C(O)=S)[C@@H](C)C[C@H]2[C@@H]3C[C@H](F)C4=C(F)C(=O)C(CC)=C[C@]4(C)[C@@]3(F)[C@@H](O)C[C@@]21C. The van der Waals surface area contributed by atoms with Crippen LogP contribution >= 0.6 is 12.2 Å². The smallest absolute Gasteiger partial charge is 0.306 e. The second-order valence-electron chi connectivity index (χ2n) is 12.2. The Morgan fingerprint density at radius 1 is 1.21 bits per heavy atom. The zero-order valence-corrected chi connectivity index (χ0v) is 23.6. The number of hydrogen-bond donors (Lipinski definition) is 2. The largest absolute Gasteiger partial charge is 0.499 e. The van der Waals surface area contributed by atoms with Gasteiger partial charge in [0, 0.05) is 29.2 Å². The lowest BCUT2D eigenvalue weighted by atomic mass is 9.44. The number of ketones is 1. The maximum absolute atomic E-state index is 17.6. The Labute approximate surface area is 227 Å². The van der Waals surface area contributed by atoms with E-state index in [1.54, 1.807) is 20.8 Å². The van der Waals surface area contributed by atoms with E-state index in [1.807, 2.05) is 6.92 Å². The van der Waals surface area contributed by atoms with E-state index in [9.17, 15) is 19.8 Å². The van der Waals surface area contributed by atoms with Crippen LogP contribution < -0.4 is 0 Å². The van der Waals surface area contributed by atoms with Crippen molar-refractivity contribution in [3.05, 3.63) is 23.0 Å². The first-order valence-electron chi connectivity index (χ1n) is 13.8. The molecule has 0 spiro atoms. The summed E-state index contributed by atoms with van der Waals surface area (Å²) in [6.45, 7) is 8.48. The number of aliphatic hydroxyl groups excluding tert-OH is 2. The van der Waals surface area contributed by atoms with Crippen LogP contribution in [0.3, 0.4) is 0 Å². The van der Waals surface area contributed by atoms with Crippen molar-refractivity contribution in [1.29, 1.82) is 0 Å². The first kappa shape index (κ1) is 29.2. The molecule has 212 valence electrons. The summed E-state index contributed by atoms with van der Waals surface area (Å²) in [4.78, 5) is 25.5. The average molecular weight is 557 g/mol. The van der Waals surface area contributed by atoms with Crippen molar-refractivity contribution in [2.45, 2.75) is 110 Å². The van der Waals surface area contributed by atoms with Gasteiger partial charge in [-0.15, -0.1) is 0 Å². The quantitative estimate of drug-likeness (QED) is 0.215. The van der Waals surface area contributed by atoms with Gasteiger partial charge in [-0.2, -0.15) is 0 Å². The van der Waals surface area contributed by atoms with Crippen molar-refractivity contribution in [2.24, 2.45) is 28.6 Å². The first-order chi connectivity index (χ1) is 17.7. The maximum atomic E-state index is 17.6.